The molecule has 1 saturated heterocycles. The second kappa shape index (κ2) is 12.6. The summed E-state index contributed by atoms with van der Waals surface area (Å²) in [6.07, 6.45) is 4.12. The number of amides is 1. The zero-order valence-corrected chi connectivity index (χ0v) is 12.4. The van der Waals surface area contributed by atoms with Crippen molar-refractivity contribution >= 4 is 19.6 Å². The zero-order chi connectivity index (χ0) is 16.1. The Kier molecular flexibility index (Phi) is 11.9. The van der Waals surface area contributed by atoms with Crippen LogP contribution in [0, 0.1) is 0 Å². The van der Waals surface area contributed by atoms with Crippen LogP contribution in [0.3, 0.4) is 0 Å². The van der Waals surface area contributed by atoms with Crippen LogP contribution in [0.15, 0.2) is 0 Å². The normalized spacial score (nSPS) is 18.3. The molecule has 121 valence electrons. The number of rotatable bonds is 8. The fourth-order valence-corrected chi connectivity index (χ4v) is 1.84. The third-order valence-corrected chi connectivity index (χ3v) is 2.86. The summed E-state index contributed by atoms with van der Waals surface area (Å²) in [7, 11) is 0.739. The minimum atomic E-state index is -0.993. The van der Waals surface area contributed by atoms with E-state index >= 15 is 0 Å². The molecule has 1 aliphatic heterocycles. The standard InChI is InChI=1S/C8H16N2O3.C4H9BNO2/c1-6(11)10-7(8(12)13)4-2-3-5-9;7-5-8-4-2-1-3-6-4/h7H,2-5,9H2,1H3,(H,10,11)(H,12,13);4,6-7H,1-3H2/t7-;4-/m01/s1. The molecule has 1 amide bonds. The van der Waals surface area contributed by atoms with Crippen molar-refractivity contribution < 1.29 is 24.4 Å². The van der Waals surface area contributed by atoms with Gasteiger partial charge in [0.15, 0.2) is 0 Å². The molecule has 1 fully saturated rings. The Morgan fingerprint density at radius 3 is 2.67 bits per heavy atom. The first-order valence-electron chi connectivity index (χ1n) is 7.06. The number of aliphatic carboxylic acids is 1. The number of carboxylic acid groups (broad SMARTS) is 1. The Morgan fingerprint density at radius 1 is 1.52 bits per heavy atom. The molecule has 0 unspecified atom stereocenters. The fraction of sp³-hybridized carbons (Fsp3) is 0.833. The maximum absolute atomic E-state index is 10.6. The summed E-state index contributed by atoms with van der Waals surface area (Å²) in [5, 5.41) is 22.2. The highest BCUT2D eigenvalue weighted by atomic mass is 16.5. The molecule has 1 radical (unpaired) electrons. The van der Waals surface area contributed by atoms with E-state index in [0.29, 0.717) is 19.4 Å². The average molecular weight is 302 g/mol. The maximum atomic E-state index is 10.6. The van der Waals surface area contributed by atoms with Gasteiger partial charge in [-0.05, 0) is 45.2 Å². The van der Waals surface area contributed by atoms with Crippen LogP contribution in [0.25, 0.3) is 0 Å². The van der Waals surface area contributed by atoms with Crippen molar-refractivity contribution in [1.29, 1.82) is 0 Å². The summed E-state index contributed by atoms with van der Waals surface area (Å²) < 4.78 is 4.72. The van der Waals surface area contributed by atoms with Gasteiger partial charge in [-0.3, -0.25) is 10.1 Å². The average Bonchev–Trinajstić information content (AvgIpc) is 2.91. The number of unbranched alkanes of at least 4 members (excludes halogenated alkanes) is 1. The topological polar surface area (TPSA) is 134 Å². The highest BCUT2D eigenvalue weighted by Crippen LogP contribution is 2.04. The molecule has 0 aromatic carbocycles. The smallest absolute Gasteiger partial charge is 0.480 e. The molecule has 21 heavy (non-hydrogen) atoms. The lowest BCUT2D eigenvalue weighted by molar-refractivity contribution is -0.141. The SMILES string of the molecule is CC(=O)N[C@@H](CCCCN)C(=O)O.O[B]O[C@@H]1CCCN1. The van der Waals surface area contributed by atoms with E-state index in [1.807, 2.05) is 0 Å². The second-order valence-corrected chi connectivity index (χ2v) is 4.70. The summed E-state index contributed by atoms with van der Waals surface area (Å²) in [4.78, 5) is 21.2. The molecule has 2 atom stereocenters. The van der Waals surface area contributed by atoms with Crippen LogP contribution in [0.4, 0.5) is 0 Å². The van der Waals surface area contributed by atoms with E-state index in [-0.39, 0.29) is 12.1 Å². The molecule has 0 spiro atoms. The van der Waals surface area contributed by atoms with E-state index in [1.165, 1.54) is 6.92 Å². The first-order valence-corrected chi connectivity index (χ1v) is 7.06. The van der Waals surface area contributed by atoms with Crippen LogP contribution in [-0.4, -0.2) is 55.1 Å². The Labute approximate surface area is 125 Å². The van der Waals surface area contributed by atoms with E-state index in [9.17, 15) is 9.59 Å². The number of hydrogen-bond acceptors (Lipinski definition) is 6. The van der Waals surface area contributed by atoms with Crippen molar-refractivity contribution in [3.05, 3.63) is 0 Å². The summed E-state index contributed by atoms with van der Waals surface area (Å²) in [5.74, 6) is -1.31. The minimum Gasteiger partial charge on any atom is -0.480 e. The number of hydrogen-bond donors (Lipinski definition) is 5. The van der Waals surface area contributed by atoms with Gasteiger partial charge in [0.1, 0.15) is 6.04 Å². The highest BCUT2D eigenvalue weighted by molar-refractivity contribution is 6.15. The van der Waals surface area contributed by atoms with Gasteiger partial charge in [-0.15, -0.1) is 0 Å². The largest absolute Gasteiger partial charge is 0.486 e. The Balaban J connectivity index is 0.000000423. The third kappa shape index (κ3) is 11.2. The lowest BCUT2D eigenvalue weighted by Crippen LogP contribution is -2.39. The number of carbonyl (C=O) groups is 2. The van der Waals surface area contributed by atoms with Gasteiger partial charge < -0.3 is 25.8 Å². The third-order valence-electron chi connectivity index (χ3n) is 2.86. The van der Waals surface area contributed by atoms with Crippen molar-refractivity contribution in [2.24, 2.45) is 5.73 Å². The van der Waals surface area contributed by atoms with Crippen molar-refractivity contribution in [3.8, 4) is 0 Å². The summed E-state index contributed by atoms with van der Waals surface area (Å²) >= 11 is 0. The molecule has 1 rings (SSSR count). The van der Waals surface area contributed by atoms with E-state index in [2.05, 4.69) is 10.6 Å². The second-order valence-electron chi connectivity index (χ2n) is 4.70. The van der Waals surface area contributed by atoms with Gasteiger partial charge in [0.05, 0.1) is 6.23 Å². The first-order chi connectivity index (χ1) is 10.0. The van der Waals surface area contributed by atoms with Gasteiger partial charge in [-0.25, -0.2) is 4.79 Å². The van der Waals surface area contributed by atoms with Gasteiger partial charge in [0.2, 0.25) is 5.91 Å². The molecule has 0 aromatic rings. The molecule has 1 aliphatic rings. The molecular formula is C12H25BN3O5. The van der Waals surface area contributed by atoms with Gasteiger partial charge in [0, 0.05) is 6.92 Å². The minimum absolute atomic E-state index is 0.0556. The van der Waals surface area contributed by atoms with E-state index in [1.54, 1.807) is 0 Å². The molecule has 0 bridgehead atoms. The Bertz CT molecular complexity index is 301. The quantitative estimate of drug-likeness (QED) is 0.285. The molecule has 0 aliphatic carbocycles. The molecule has 8 nitrogen and oxygen atoms in total. The summed E-state index contributed by atoms with van der Waals surface area (Å²) in [5.41, 5.74) is 5.26. The lowest BCUT2D eigenvalue weighted by Gasteiger charge is -2.12. The Hall–Kier alpha value is -1.16. The van der Waals surface area contributed by atoms with Crippen molar-refractivity contribution in [3.63, 3.8) is 0 Å². The molecule has 0 saturated carbocycles. The molecular weight excluding hydrogens is 277 g/mol. The van der Waals surface area contributed by atoms with E-state index in [4.69, 9.17) is 20.5 Å². The van der Waals surface area contributed by atoms with E-state index in [0.717, 1.165) is 33.5 Å². The van der Waals surface area contributed by atoms with E-state index < -0.39 is 12.0 Å². The number of nitrogens with two attached hydrogens (primary N) is 1. The molecule has 1 heterocycles. The monoisotopic (exact) mass is 302 g/mol. The number of nitrogens with one attached hydrogen (secondary N) is 2. The number of carboxylic acids is 1. The first kappa shape index (κ1) is 19.8. The summed E-state index contributed by atoms with van der Waals surface area (Å²) in [6, 6.07) is -0.774. The van der Waals surface area contributed by atoms with Crippen molar-refractivity contribution in [1.82, 2.24) is 10.6 Å². The van der Waals surface area contributed by atoms with Crippen molar-refractivity contribution in [2.45, 2.75) is 51.3 Å². The summed E-state index contributed by atoms with van der Waals surface area (Å²) in [6.45, 7) is 2.85. The zero-order valence-electron chi connectivity index (χ0n) is 12.4. The lowest BCUT2D eigenvalue weighted by atomic mass is 10.1. The van der Waals surface area contributed by atoms with Gasteiger partial charge in [-0.2, -0.15) is 0 Å². The Morgan fingerprint density at radius 2 is 2.24 bits per heavy atom. The van der Waals surface area contributed by atoms with Crippen LogP contribution in [-0.2, 0) is 14.2 Å². The molecule has 0 aromatic heterocycles. The van der Waals surface area contributed by atoms with Gasteiger partial charge in [0.25, 0.3) is 0 Å². The van der Waals surface area contributed by atoms with Crippen molar-refractivity contribution in [2.75, 3.05) is 13.1 Å². The predicted molar refractivity (Wildman–Crippen MR) is 78.2 cm³/mol. The van der Waals surface area contributed by atoms with Crippen LogP contribution in [0.2, 0.25) is 0 Å². The van der Waals surface area contributed by atoms with Gasteiger partial charge >= 0.3 is 13.7 Å². The fourth-order valence-electron chi connectivity index (χ4n) is 1.84. The predicted octanol–water partition coefficient (Wildman–Crippen LogP) is -1.06. The maximum Gasteiger partial charge on any atom is 0.486 e. The number of carbonyl (C=O) groups excluding carboxylic acids is 1. The van der Waals surface area contributed by atoms with Crippen LogP contribution >= 0.6 is 0 Å². The van der Waals surface area contributed by atoms with Crippen LogP contribution in [0.5, 0.6) is 0 Å². The molecule has 6 N–H and O–H groups in total. The van der Waals surface area contributed by atoms with Crippen LogP contribution in [0.1, 0.15) is 39.0 Å². The highest BCUT2D eigenvalue weighted by Gasteiger charge is 2.17. The van der Waals surface area contributed by atoms with Gasteiger partial charge in [-0.1, -0.05) is 0 Å². The van der Waals surface area contributed by atoms with Crippen LogP contribution < -0.4 is 16.4 Å². The molecule has 9 heteroatoms.